The molecule has 0 unspecified atom stereocenters. The molecule has 610 valence electrons. The first-order valence-corrected chi connectivity index (χ1v) is 41.1. The maximum Gasteiger partial charge on any atom is 0.251 e. The maximum absolute atomic E-state index is 13.5. The van der Waals surface area contributed by atoms with Crippen LogP contribution in [0.2, 0.25) is 0 Å². The lowest BCUT2D eigenvalue weighted by Gasteiger charge is -2.11. The molecule has 2 aromatic heterocycles. The molecule has 0 spiro atoms. The predicted octanol–water partition coefficient (Wildman–Crippen LogP) is 14.7. The van der Waals surface area contributed by atoms with Gasteiger partial charge >= 0.3 is 0 Å². The number of nitrogens with one attached hydrogen (secondary N) is 4. The van der Waals surface area contributed by atoms with Crippen LogP contribution in [0.15, 0.2) is 246 Å². The number of nitrogen functional groups attached to an aromatic ring is 3. The zero-order valence-corrected chi connectivity index (χ0v) is 68.2. The molecule has 14 rings (SSSR count). The lowest BCUT2D eigenvalue weighted by atomic mass is 10.1. The molecule has 3 aliphatic carbocycles. The topological polar surface area (TPSA) is 354 Å². The summed E-state index contributed by atoms with van der Waals surface area (Å²) in [6.45, 7) is 8.69. The van der Waals surface area contributed by atoms with Crippen molar-refractivity contribution in [2.45, 2.75) is 97.2 Å². The molecule has 11 aromatic rings. The Bertz CT molecular complexity index is 5010. The number of anilines is 3. The number of ketones is 3. The number of ether oxygens (including phenoxy) is 5. The number of nitriles is 1. The molecular weight excluding hydrogens is 1530 g/mol. The lowest BCUT2D eigenvalue weighted by Crippen LogP contribution is -2.25. The highest BCUT2D eigenvalue weighted by atomic mass is 32.2. The standard InChI is InChI=1S/2C30H30N4O4.C12H11NOS2.C11H15N3O.C9H12O2/c2*1-20-12-13-23(29(36)32-24-14-15-24)18-25(20)34-28(31)26(27(35)22-10-6-3-7-11-22)30(33-34)38-17-16-37-19-21-8-4-2-5-9-21;1-15-12(16-2)10(8-13)11(14)9-6-4-3-5-7-9;1-7-2-3-8(6-10(7)14-12)11(15)13-9-4-5-9;10-6-7-11-8-9-4-2-1-3-5-9/h2*2-13,18,24H,14-17,19,31H2,1H3,(H,32,36);3-7H,1-2H3;2-3,6,9,14H,4-5,12H2,1H3,(H,13,15);1-5,10H,6-8H2. The number of hydrogen-bond acceptors (Lipinski definition) is 21. The van der Waals surface area contributed by atoms with Gasteiger partial charge in [-0.15, -0.1) is 33.7 Å². The fourth-order valence-corrected chi connectivity index (χ4v) is 13.0. The third-order valence-electron chi connectivity index (χ3n) is 18.5. The van der Waals surface area contributed by atoms with Gasteiger partial charge in [0.15, 0.2) is 0 Å². The fourth-order valence-electron chi connectivity index (χ4n) is 11.6. The van der Waals surface area contributed by atoms with Crippen molar-refractivity contribution in [3.63, 3.8) is 0 Å². The highest BCUT2D eigenvalue weighted by Crippen LogP contribution is 2.35. The number of aromatic nitrogens is 4. The van der Waals surface area contributed by atoms with Crippen LogP contribution < -0.4 is 48.2 Å². The van der Waals surface area contributed by atoms with Crippen LogP contribution in [0.4, 0.5) is 17.3 Å². The molecule has 24 nitrogen and oxygen atoms in total. The molecule has 11 N–H and O–H groups in total. The minimum Gasteiger partial charge on any atom is -0.474 e. The summed E-state index contributed by atoms with van der Waals surface area (Å²) in [5.41, 5.74) is 27.3. The molecule has 3 aliphatic rings. The van der Waals surface area contributed by atoms with Gasteiger partial charge in [-0.3, -0.25) is 34.6 Å². The van der Waals surface area contributed by atoms with Gasteiger partial charge in [0.1, 0.15) is 47.6 Å². The van der Waals surface area contributed by atoms with E-state index in [2.05, 4.69) is 31.6 Å². The van der Waals surface area contributed by atoms with Crippen LogP contribution in [-0.4, -0.2) is 130 Å². The third kappa shape index (κ3) is 26.0. The van der Waals surface area contributed by atoms with Crippen LogP contribution in [0.5, 0.6) is 11.8 Å². The number of nitrogens with zero attached hydrogens (tertiary/aromatic N) is 5. The van der Waals surface area contributed by atoms with Gasteiger partial charge < -0.3 is 61.6 Å². The van der Waals surface area contributed by atoms with Gasteiger partial charge in [0.05, 0.1) is 67.5 Å². The number of aliphatic hydroxyl groups excluding tert-OH is 1. The van der Waals surface area contributed by atoms with Gasteiger partial charge in [0.2, 0.25) is 29.1 Å². The third-order valence-corrected chi connectivity index (χ3v) is 20.7. The Morgan fingerprint density at radius 1 is 0.449 bits per heavy atom. The van der Waals surface area contributed by atoms with Crippen molar-refractivity contribution in [3.05, 3.63) is 324 Å². The molecule has 0 radical (unpaired) electrons. The Balaban J connectivity index is 0.000000169. The van der Waals surface area contributed by atoms with Crippen molar-refractivity contribution < 1.29 is 57.6 Å². The minimum absolute atomic E-state index is 0.0194. The van der Waals surface area contributed by atoms with Crippen LogP contribution in [0.1, 0.15) is 145 Å². The van der Waals surface area contributed by atoms with E-state index in [4.69, 9.17) is 51.4 Å². The monoisotopic (exact) mass is 1630 g/mol. The minimum atomic E-state index is -0.296. The average Bonchev–Trinajstić information content (AvgIpc) is 1.62. The number of allylic oxidation sites excluding steroid dienone is 1. The number of amides is 3. The second-order valence-electron chi connectivity index (χ2n) is 27.7. The first-order chi connectivity index (χ1) is 57.4. The van der Waals surface area contributed by atoms with Gasteiger partial charge in [0, 0.05) is 51.5 Å². The van der Waals surface area contributed by atoms with Gasteiger partial charge in [-0.05, 0) is 142 Å². The summed E-state index contributed by atoms with van der Waals surface area (Å²) in [5.74, 6) is 4.76. The molecule has 0 aliphatic heterocycles. The number of carbonyl (C=O) groups is 6. The van der Waals surface area contributed by atoms with Gasteiger partial charge in [-0.25, -0.2) is 9.36 Å². The molecular formula is C92H98N12O12S2. The number of aliphatic hydroxyl groups is 1. The summed E-state index contributed by atoms with van der Waals surface area (Å²) in [5, 5.41) is 35.5. The molecule has 2 heterocycles. The molecule has 26 heteroatoms. The second kappa shape index (κ2) is 45.2. The first kappa shape index (κ1) is 87.9. The number of hydrazine groups is 1. The summed E-state index contributed by atoms with van der Waals surface area (Å²) in [4.78, 5) is 76.1. The van der Waals surface area contributed by atoms with Crippen molar-refractivity contribution in [3.8, 4) is 29.2 Å². The summed E-state index contributed by atoms with van der Waals surface area (Å²) in [6.07, 6.45) is 9.91. The smallest absolute Gasteiger partial charge is 0.251 e. The van der Waals surface area contributed by atoms with E-state index >= 15 is 0 Å². The van der Waals surface area contributed by atoms with Gasteiger partial charge in [-0.1, -0.05) is 200 Å². The zero-order valence-electron chi connectivity index (χ0n) is 66.6. The number of carbonyl (C=O) groups excluding carboxylic acids is 6. The number of benzene rings is 9. The SMILES string of the molecule is CSC(SC)=C(C#N)C(=O)c1ccccc1.Cc1ccc(C(=O)NC2CC2)cc1-n1nc(OCCOCc2ccccc2)c(C(=O)c2ccccc2)c1N.Cc1ccc(C(=O)NC2CC2)cc1-n1nc(OCCOCc2ccccc2)c(C(=O)c2ccccc2)c1N.Cc1ccc(C(=O)NC2CC2)cc1NN.OCCOCc1ccccc1. The number of Topliss-reactive ketones (excluding diaryl/α,β-unsaturated/α-hetero) is 1. The largest absolute Gasteiger partial charge is 0.474 e. The lowest BCUT2D eigenvalue weighted by molar-refractivity contribution is 0.0815. The summed E-state index contributed by atoms with van der Waals surface area (Å²) < 4.78 is 32.2. The predicted molar refractivity (Wildman–Crippen MR) is 462 cm³/mol. The van der Waals surface area contributed by atoms with Crippen molar-refractivity contribution in [2.24, 2.45) is 5.84 Å². The van der Waals surface area contributed by atoms with Crippen molar-refractivity contribution in [2.75, 3.05) is 69.0 Å². The second-order valence-corrected chi connectivity index (χ2v) is 29.6. The Morgan fingerprint density at radius 2 is 0.780 bits per heavy atom. The van der Waals surface area contributed by atoms with Crippen LogP contribution in [0.25, 0.3) is 11.4 Å². The number of nitrogens with two attached hydrogens (primary N) is 3. The van der Waals surface area contributed by atoms with Gasteiger partial charge in [-0.2, -0.15) is 5.26 Å². The average molecular weight is 1630 g/mol. The van der Waals surface area contributed by atoms with E-state index in [0.717, 1.165) is 81.8 Å². The van der Waals surface area contributed by atoms with Crippen LogP contribution in [-0.2, 0) is 34.0 Å². The van der Waals surface area contributed by atoms with E-state index < -0.39 is 0 Å². The first-order valence-electron chi connectivity index (χ1n) is 38.6. The van der Waals surface area contributed by atoms with Crippen LogP contribution >= 0.6 is 23.5 Å². The Morgan fingerprint density at radius 3 is 1.11 bits per heavy atom. The van der Waals surface area contributed by atoms with E-state index in [1.807, 2.05) is 173 Å². The van der Waals surface area contributed by atoms with Crippen LogP contribution in [0.3, 0.4) is 0 Å². The normalized spacial score (nSPS) is 12.3. The molecule has 0 atom stereocenters. The maximum atomic E-state index is 13.5. The molecule has 3 fully saturated rings. The molecule has 9 aromatic carbocycles. The number of hydrogen-bond donors (Lipinski definition) is 8. The quantitative estimate of drug-likeness (QED) is 0.00473. The van der Waals surface area contributed by atoms with Gasteiger partial charge in [0.25, 0.3) is 17.7 Å². The van der Waals surface area contributed by atoms with Crippen molar-refractivity contribution in [1.82, 2.24) is 35.5 Å². The summed E-state index contributed by atoms with van der Waals surface area (Å²) in [6, 6.07) is 75.2. The number of rotatable bonds is 33. The van der Waals surface area contributed by atoms with E-state index in [1.54, 1.807) is 103 Å². The van der Waals surface area contributed by atoms with Crippen molar-refractivity contribution in [1.29, 1.82) is 5.26 Å². The van der Waals surface area contributed by atoms with E-state index in [-0.39, 0.29) is 107 Å². The Kier molecular flexibility index (Phi) is 33.7. The molecule has 118 heavy (non-hydrogen) atoms. The zero-order chi connectivity index (χ0) is 83.7. The Hall–Kier alpha value is -12.5. The summed E-state index contributed by atoms with van der Waals surface area (Å²) in [7, 11) is 0. The highest BCUT2D eigenvalue weighted by Gasteiger charge is 2.31. The molecule has 3 amide bonds. The van der Waals surface area contributed by atoms with E-state index in [9.17, 15) is 28.8 Å². The molecule has 3 saturated carbocycles. The van der Waals surface area contributed by atoms with E-state index in [0.29, 0.717) is 90.4 Å². The van der Waals surface area contributed by atoms with Crippen LogP contribution in [0, 0.1) is 32.1 Å². The fraction of sp³-hybridized carbons (Fsp3) is 0.250. The number of aryl methyl sites for hydroxylation is 3. The highest BCUT2D eigenvalue weighted by molar-refractivity contribution is 8.21. The molecule has 0 saturated heterocycles. The Labute approximate surface area is 695 Å². The molecule has 0 bridgehead atoms. The van der Waals surface area contributed by atoms with E-state index in [1.165, 1.54) is 32.9 Å². The number of thioether (sulfide) groups is 2. The summed E-state index contributed by atoms with van der Waals surface area (Å²) >= 11 is 2.85. The van der Waals surface area contributed by atoms with Crippen molar-refractivity contribution >= 4 is 75.9 Å².